The number of sulfonamides is 1. The molecule has 1 unspecified atom stereocenters. The monoisotopic (exact) mass is 425 g/mol. The van der Waals surface area contributed by atoms with Gasteiger partial charge in [-0.05, 0) is 31.0 Å². The van der Waals surface area contributed by atoms with Crippen molar-refractivity contribution in [3.63, 3.8) is 0 Å². The fourth-order valence-electron chi connectivity index (χ4n) is 3.36. The van der Waals surface area contributed by atoms with Gasteiger partial charge in [0.05, 0.1) is 0 Å². The van der Waals surface area contributed by atoms with Crippen LogP contribution in [0.15, 0.2) is 34.1 Å². The van der Waals surface area contributed by atoms with Crippen LogP contribution in [0.3, 0.4) is 0 Å². The Hall–Kier alpha value is -1.88. The molecular formula is C18H23N3O5S2. The normalized spacial score (nSPS) is 19.6. The van der Waals surface area contributed by atoms with Crippen molar-refractivity contribution in [2.24, 2.45) is 5.92 Å². The zero-order valence-electron chi connectivity index (χ0n) is 15.4. The molecule has 1 atom stereocenters. The second kappa shape index (κ2) is 8.64. The molecule has 1 aromatic carbocycles. The highest BCUT2D eigenvalue weighted by molar-refractivity contribution is 7.91. The topological polar surface area (TPSA) is 90.0 Å². The van der Waals surface area contributed by atoms with Gasteiger partial charge in [0.25, 0.3) is 10.0 Å². The number of hydrogen-bond donors (Lipinski definition) is 1. The molecule has 0 amide bonds. The maximum absolute atomic E-state index is 12.2. The molecule has 0 radical (unpaired) electrons. The van der Waals surface area contributed by atoms with E-state index in [0.29, 0.717) is 37.9 Å². The van der Waals surface area contributed by atoms with E-state index in [0.717, 1.165) is 43.1 Å². The van der Waals surface area contributed by atoms with Crippen LogP contribution in [0.4, 0.5) is 0 Å². The Balaban J connectivity index is 1.22. The van der Waals surface area contributed by atoms with E-state index in [1.54, 1.807) is 5.38 Å². The van der Waals surface area contributed by atoms with Gasteiger partial charge in [-0.2, -0.15) is 0 Å². The lowest BCUT2D eigenvalue weighted by molar-refractivity contribution is 0.158. The molecule has 1 N–H and O–H groups in total. The van der Waals surface area contributed by atoms with Gasteiger partial charge in [-0.1, -0.05) is 6.07 Å². The summed E-state index contributed by atoms with van der Waals surface area (Å²) in [5.74, 6) is 2.38. The fraction of sp³-hybridized carbons (Fsp3) is 0.500. The van der Waals surface area contributed by atoms with Crippen molar-refractivity contribution in [3.8, 4) is 17.2 Å². The molecule has 10 heteroatoms. The molecule has 0 spiro atoms. The molecule has 1 aromatic heterocycles. The zero-order chi connectivity index (χ0) is 19.4. The first-order valence-electron chi connectivity index (χ1n) is 9.25. The Kier molecular flexibility index (Phi) is 6.00. The number of nitrogens with zero attached hydrogens (tertiary/aromatic N) is 2. The molecule has 3 heterocycles. The fourth-order valence-corrected chi connectivity index (χ4v) is 5.35. The summed E-state index contributed by atoms with van der Waals surface area (Å²) in [6, 6.07) is 5.65. The summed E-state index contributed by atoms with van der Waals surface area (Å²) in [6.45, 7) is 4.60. The Morgan fingerprint density at radius 3 is 3.07 bits per heavy atom. The minimum Gasteiger partial charge on any atom is -0.488 e. The number of ether oxygens (including phenoxy) is 3. The summed E-state index contributed by atoms with van der Waals surface area (Å²) in [7, 11) is -3.50. The van der Waals surface area contributed by atoms with Crippen molar-refractivity contribution < 1.29 is 22.6 Å². The number of hydrogen-bond acceptors (Lipinski definition) is 8. The predicted molar refractivity (Wildman–Crippen MR) is 105 cm³/mol. The quantitative estimate of drug-likeness (QED) is 0.687. The number of para-hydroxylation sites is 1. The highest BCUT2D eigenvalue weighted by Gasteiger charge is 2.25. The lowest BCUT2D eigenvalue weighted by atomic mass is 10.1. The molecule has 1 saturated heterocycles. The van der Waals surface area contributed by atoms with E-state index in [1.807, 2.05) is 18.2 Å². The van der Waals surface area contributed by atoms with E-state index in [-0.39, 0.29) is 10.3 Å². The second-order valence-corrected chi connectivity index (χ2v) is 9.57. The predicted octanol–water partition coefficient (Wildman–Crippen LogP) is 1.59. The number of nitrogens with one attached hydrogen (secondary N) is 1. The second-order valence-electron chi connectivity index (χ2n) is 6.73. The average molecular weight is 426 g/mol. The highest BCUT2D eigenvalue weighted by Crippen LogP contribution is 2.38. The third-order valence-corrected chi connectivity index (χ3v) is 7.39. The average Bonchev–Trinajstić information content (AvgIpc) is 3.39. The zero-order valence-corrected chi connectivity index (χ0v) is 17.0. The standard InChI is InChI=1S/C18H23N3O5S2/c22-28(23,18-19-5-11-27-18)20-12-14-4-6-21(13-14)7-8-24-15-2-1-3-16-17(15)26-10-9-25-16/h1-3,5,11,14,20H,4,6-10,12-13H2. The van der Waals surface area contributed by atoms with E-state index >= 15 is 0 Å². The van der Waals surface area contributed by atoms with E-state index in [9.17, 15) is 8.42 Å². The summed E-state index contributed by atoms with van der Waals surface area (Å²) in [5, 5.41) is 1.66. The summed E-state index contributed by atoms with van der Waals surface area (Å²) in [5.41, 5.74) is 0. The van der Waals surface area contributed by atoms with Crippen LogP contribution in [0.25, 0.3) is 0 Å². The van der Waals surface area contributed by atoms with Gasteiger partial charge in [-0.25, -0.2) is 18.1 Å². The van der Waals surface area contributed by atoms with Crippen molar-refractivity contribution in [1.82, 2.24) is 14.6 Å². The molecule has 152 valence electrons. The van der Waals surface area contributed by atoms with Crippen LogP contribution < -0.4 is 18.9 Å². The maximum atomic E-state index is 12.2. The molecule has 2 aliphatic heterocycles. The molecule has 8 nitrogen and oxygen atoms in total. The first-order chi connectivity index (χ1) is 13.6. The summed E-state index contributed by atoms with van der Waals surface area (Å²) < 4.78 is 44.2. The lowest BCUT2D eigenvalue weighted by Gasteiger charge is -2.22. The Bertz CT molecular complexity index is 889. The van der Waals surface area contributed by atoms with Crippen molar-refractivity contribution in [1.29, 1.82) is 0 Å². The molecule has 0 saturated carbocycles. The largest absolute Gasteiger partial charge is 0.488 e. The van der Waals surface area contributed by atoms with Gasteiger partial charge in [0.15, 0.2) is 11.5 Å². The Morgan fingerprint density at radius 2 is 2.21 bits per heavy atom. The lowest BCUT2D eigenvalue weighted by Crippen LogP contribution is -2.32. The molecule has 0 bridgehead atoms. The van der Waals surface area contributed by atoms with E-state index < -0.39 is 10.0 Å². The Labute approximate surface area is 168 Å². The maximum Gasteiger partial charge on any atom is 0.267 e. The number of likely N-dealkylation sites (tertiary alicyclic amines) is 1. The van der Waals surface area contributed by atoms with Gasteiger partial charge in [0.1, 0.15) is 19.8 Å². The SMILES string of the molecule is O=S(=O)(NCC1CCN(CCOc2cccc3c2OCCO3)C1)c1nccs1. The van der Waals surface area contributed by atoms with Gasteiger partial charge in [-0.3, -0.25) is 4.90 Å². The number of thiazole rings is 1. The van der Waals surface area contributed by atoms with Gasteiger partial charge in [-0.15, -0.1) is 11.3 Å². The molecule has 0 aliphatic carbocycles. The molecule has 2 aliphatic rings. The first-order valence-corrected chi connectivity index (χ1v) is 11.6. The van der Waals surface area contributed by atoms with E-state index in [2.05, 4.69) is 14.6 Å². The number of benzene rings is 1. The van der Waals surface area contributed by atoms with Crippen molar-refractivity contribution in [2.45, 2.75) is 10.8 Å². The van der Waals surface area contributed by atoms with Gasteiger partial charge in [0, 0.05) is 31.2 Å². The van der Waals surface area contributed by atoms with Crippen LogP contribution in [0, 0.1) is 5.92 Å². The van der Waals surface area contributed by atoms with Crippen molar-refractivity contribution in [3.05, 3.63) is 29.8 Å². The Morgan fingerprint density at radius 1 is 1.32 bits per heavy atom. The van der Waals surface area contributed by atoms with Gasteiger partial charge in [0.2, 0.25) is 10.1 Å². The molecular weight excluding hydrogens is 402 g/mol. The summed E-state index contributed by atoms with van der Waals surface area (Å²) >= 11 is 1.12. The van der Waals surface area contributed by atoms with E-state index in [4.69, 9.17) is 14.2 Å². The van der Waals surface area contributed by atoms with Gasteiger partial charge < -0.3 is 14.2 Å². The molecule has 2 aromatic rings. The van der Waals surface area contributed by atoms with Crippen LogP contribution in [0.2, 0.25) is 0 Å². The van der Waals surface area contributed by atoms with E-state index in [1.165, 1.54) is 6.20 Å². The third-order valence-electron chi connectivity index (χ3n) is 4.77. The summed E-state index contributed by atoms with van der Waals surface area (Å²) in [4.78, 5) is 6.16. The minimum atomic E-state index is -3.50. The molecule has 1 fully saturated rings. The third kappa shape index (κ3) is 4.57. The molecule has 4 rings (SSSR count). The number of rotatable bonds is 8. The van der Waals surface area contributed by atoms with Crippen LogP contribution in [0.1, 0.15) is 6.42 Å². The van der Waals surface area contributed by atoms with Crippen LogP contribution in [-0.4, -0.2) is 64.3 Å². The number of fused-ring (bicyclic) bond motifs is 1. The van der Waals surface area contributed by atoms with Crippen LogP contribution in [0.5, 0.6) is 17.2 Å². The van der Waals surface area contributed by atoms with Crippen LogP contribution >= 0.6 is 11.3 Å². The van der Waals surface area contributed by atoms with Crippen molar-refractivity contribution >= 4 is 21.4 Å². The van der Waals surface area contributed by atoms with Gasteiger partial charge >= 0.3 is 0 Å². The van der Waals surface area contributed by atoms with Crippen molar-refractivity contribution in [2.75, 3.05) is 46.0 Å². The highest BCUT2D eigenvalue weighted by atomic mass is 32.2. The first kappa shape index (κ1) is 19.4. The minimum absolute atomic E-state index is 0.119. The summed E-state index contributed by atoms with van der Waals surface area (Å²) in [6.07, 6.45) is 2.45. The number of aromatic nitrogens is 1. The van der Waals surface area contributed by atoms with Crippen LogP contribution in [-0.2, 0) is 10.0 Å². The molecule has 28 heavy (non-hydrogen) atoms. The smallest absolute Gasteiger partial charge is 0.267 e.